The molecule has 0 aliphatic carbocycles. The molecule has 36 heavy (non-hydrogen) atoms. The maximum atomic E-state index is 12.2. The van der Waals surface area contributed by atoms with Crippen LogP contribution in [-0.2, 0) is 18.1 Å². The van der Waals surface area contributed by atoms with E-state index in [0.717, 1.165) is 41.6 Å². The minimum Gasteiger partial charge on any atom is -0.376 e. The molecule has 10 heteroatoms. The summed E-state index contributed by atoms with van der Waals surface area (Å²) in [4.78, 5) is 23.7. The van der Waals surface area contributed by atoms with Crippen LogP contribution in [0, 0.1) is 0 Å². The third-order valence-corrected chi connectivity index (χ3v) is 6.42. The first-order valence-corrected chi connectivity index (χ1v) is 12.1. The summed E-state index contributed by atoms with van der Waals surface area (Å²) in [5.74, 6) is 0.971. The first-order chi connectivity index (χ1) is 17.6. The van der Waals surface area contributed by atoms with Crippen LogP contribution in [0.15, 0.2) is 61.6 Å². The van der Waals surface area contributed by atoms with Crippen molar-refractivity contribution in [1.29, 1.82) is 0 Å². The van der Waals surface area contributed by atoms with E-state index in [-0.39, 0.29) is 18.7 Å². The number of aliphatic hydroxyl groups is 1. The Balaban J connectivity index is 1.59. The van der Waals surface area contributed by atoms with Gasteiger partial charge in [-0.25, -0.2) is 0 Å². The number of likely N-dealkylation sites (tertiary alicyclic amines) is 1. The van der Waals surface area contributed by atoms with Gasteiger partial charge in [0, 0.05) is 43.6 Å². The first kappa shape index (κ1) is 23.6. The molecule has 4 heterocycles. The van der Waals surface area contributed by atoms with Gasteiger partial charge in [0.05, 0.1) is 17.3 Å². The average molecular weight is 487 g/mol. The van der Waals surface area contributed by atoms with Gasteiger partial charge in [0.2, 0.25) is 11.9 Å². The minimum atomic E-state index is -0.224. The molecule has 1 amide bonds. The minimum absolute atomic E-state index is 0.0116. The lowest BCUT2D eigenvalue weighted by molar-refractivity contribution is -0.127. The number of piperidine rings is 1. The van der Waals surface area contributed by atoms with Crippen LogP contribution in [0.3, 0.4) is 0 Å². The number of amides is 1. The van der Waals surface area contributed by atoms with Crippen LogP contribution in [-0.4, -0.2) is 59.4 Å². The number of carbonyl (C=O) groups excluding carboxylic acids is 1. The number of carbonyl (C=O) groups is 1. The van der Waals surface area contributed by atoms with E-state index in [1.165, 1.54) is 6.08 Å². The number of aliphatic hydroxyl groups excluding tert-OH is 1. The Kier molecular flexibility index (Phi) is 6.68. The van der Waals surface area contributed by atoms with Gasteiger partial charge in [-0.3, -0.25) is 9.48 Å². The second-order valence-electron chi connectivity index (χ2n) is 8.80. The quantitative estimate of drug-likeness (QED) is 0.326. The summed E-state index contributed by atoms with van der Waals surface area (Å²) in [7, 11) is 0. The highest BCUT2D eigenvalue weighted by Crippen LogP contribution is 2.36. The molecular weight excluding hydrogens is 456 g/mol. The lowest BCUT2D eigenvalue weighted by Crippen LogP contribution is -2.44. The number of aromatic nitrogens is 5. The third-order valence-electron chi connectivity index (χ3n) is 6.42. The fraction of sp³-hybridized carbons (Fsp3) is 0.308. The van der Waals surface area contributed by atoms with Crippen LogP contribution in [0.4, 0.5) is 17.5 Å². The Hall–Kier alpha value is -4.18. The SMILES string of the molecule is C=CC(=O)N1CCC[C@@H](Nc2nc(Nc3cnn(CC)c3)nc3c2c(-c2ccccc2)cn3CO)C1. The highest BCUT2D eigenvalue weighted by molar-refractivity contribution is 6.02. The van der Waals surface area contributed by atoms with Crippen LogP contribution in [0.5, 0.6) is 0 Å². The average Bonchev–Trinajstić information content (AvgIpc) is 3.53. The van der Waals surface area contributed by atoms with Crippen molar-refractivity contribution in [2.75, 3.05) is 23.7 Å². The molecule has 3 aromatic heterocycles. The van der Waals surface area contributed by atoms with E-state index in [4.69, 9.17) is 9.97 Å². The maximum absolute atomic E-state index is 12.2. The first-order valence-electron chi connectivity index (χ1n) is 12.1. The zero-order chi connectivity index (χ0) is 25.1. The molecule has 0 radical (unpaired) electrons. The molecule has 1 atom stereocenters. The van der Waals surface area contributed by atoms with Crippen LogP contribution in [0.1, 0.15) is 19.8 Å². The molecule has 5 rings (SSSR count). The van der Waals surface area contributed by atoms with Gasteiger partial charge in [-0.15, -0.1) is 0 Å². The molecular formula is C26H30N8O2. The standard InChI is InChI=1S/C26H30N8O2/c1-3-22(36)32-12-8-11-19(14-32)28-24-23-21(18-9-6-5-7-10-18)16-33(17-35)25(23)31-26(30-24)29-20-13-27-34(4-2)15-20/h3,5-7,9-10,13,15-16,19,35H,1,4,8,11-12,14,17H2,2H3,(H2,28,29,30,31)/t19-/m1/s1. The zero-order valence-electron chi connectivity index (χ0n) is 20.3. The van der Waals surface area contributed by atoms with Crippen LogP contribution < -0.4 is 10.6 Å². The lowest BCUT2D eigenvalue weighted by Gasteiger charge is -2.33. The van der Waals surface area contributed by atoms with Crippen molar-refractivity contribution in [3.63, 3.8) is 0 Å². The molecule has 4 aromatic rings. The summed E-state index contributed by atoms with van der Waals surface area (Å²) < 4.78 is 3.52. The van der Waals surface area contributed by atoms with Gasteiger partial charge < -0.3 is 25.2 Å². The van der Waals surface area contributed by atoms with E-state index in [0.29, 0.717) is 30.5 Å². The lowest BCUT2D eigenvalue weighted by atomic mass is 10.0. The Labute approximate surface area is 209 Å². The zero-order valence-corrected chi connectivity index (χ0v) is 20.3. The van der Waals surface area contributed by atoms with Gasteiger partial charge in [0.25, 0.3) is 0 Å². The number of aryl methyl sites for hydroxylation is 1. The Morgan fingerprint density at radius 3 is 2.81 bits per heavy atom. The summed E-state index contributed by atoms with van der Waals surface area (Å²) in [6.07, 6.45) is 8.66. The number of anilines is 3. The van der Waals surface area contributed by atoms with Crippen LogP contribution >= 0.6 is 0 Å². The number of benzene rings is 1. The topological polar surface area (TPSA) is 113 Å². The predicted molar refractivity (Wildman–Crippen MR) is 140 cm³/mol. The third kappa shape index (κ3) is 4.67. The smallest absolute Gasteiger partial charge is 0.246 e. The molecule has 1 fully saturated rings. The highest BCUT2D eigenvalue weighted by atomic mass is 16.3. The van der Waals surface area contributed by atoms with Crippen LogP contribution in [0.2, 0.25) is 0 Å². The molecule has 1 aliphatic rings. The molecule has 0 unspecified atom stereocenters. The van der Waals surface area contributed by atoms with E-state index in [1.54, 1.807) is 10.8 Å². The van der Waals surface area contributed by atoms with Gasteiger partial charge in [-0.2, -0.15) is 15.1 Å². The summed E-state index contributed by atoms with van der Waals surface area (Å²) in [6.45, 7) is 7.45. The van der Waals surface area contributed by atoms with Crippen molar-refractivity contribution in [2.45, 2.75) is 39.1 Å². The number of rotatable bonds is 8. The summed E-state index contributed by atoms with van der Waals surface area (Å²) in [5, 5.41) is 22.1. The van der Waals surface area contributed by atoms with E-state index in [9.17, 15) is 9.90 Å². The van der Waals surface area contributed by atoms with Crippen LogP contribution in [0.25, 0.3) is 22.2 Å². The maximum Gasteiger partial charge on any atom is 0.246 e. The molecule has 0 bridgehead atoms. The summed E-state index contributed by atoms with van der Waals surface area (Å²) >= 11 is 0. The largest absolute Gasteiger partial charge is 0.376 e. The monoisotopic (exact) mass is 486 g/mol. The molecule has 1 aromatic carbocycles. The molecule has 186 valence electrons. The molecule has 0 spiro atoms. The van der Waals surface area contributed by atoms with Crippen molar-refractivity contribution in [3.05, 3.63) is 61.6 Å². The number of nitrogens with zero attached hydrogens (tertiary/aromatic N) is 6. The molecule has 10 nitrogen and oxygen atoms in total. The van der Waals surface area contributed by atoms with Crippen molar-refractivity contribution >= 4 is 34.4 Å². The van der Waals surface area contributed by atoms with Crippen molar-refractivity contribution in [3.8, 4) is 11.1 Å². The van der Waals surface area contributed by atoms with Gasteiger partial charge >= 0.3 is 0 Å². The Morgan fingerprint density at radius 2 is 2.08 bits per heavy atom. The summed E-state index contributed by atoms with van der Waals surface area (Å²) in [5.41, 5.74) is 3.29. The molecule has 1 saturated heterocycles. The second kappa shape index (κ2) is 10.2. The summed E-state index contributed by atoms with van der Waals surface area (Å²) in [6, 6.07) is 9.99. The Bertz CT molecular complexity index is 1380. The van der Waals surface area contributed by atoms with Crippen molar-refractivity contribution in [2.24, 2.45) is 0 Å². The highest BCUT2D eigenvalue weighted by Gasteiger charge is 2.25. The number of nitrogens with one attached hydrogen (secondary N) is 2. The number of hydrogen-bond donors (Lipinski definition) is 3. The normalized spacial score (nSPS) is 15.7. The molecule has 0 saturated carbocycles. The van der Waals surface area contributed by atoms with Crippen molar-refractivity contribution < 1.29 is 9.90 Å². The number of fused-ring (bicyclic) bond motifs is 1. The fourth-order valence-electron chi connectivity index (χ4n) is 4.64. The van der Waals surface area contributed by atoms with E-state index in [2.05, 4.69) is 22.3 Å². The van der Waals surface area contributed by atoms with Gasteiger partial charge in [-0.05, 0) is 31.4 Å². The van der Waals surface area contributed by atoms with Gasteiger partial charge in [0.15, 0.2) is 0 Å². The van der Waals surface area contributed by atoms with E-state index >= 15 is 0 Å². The molecule has 1 aliphatic heterocycles. The van der Waals surface area contributed by atoms with Gasteiger partial charge in [0.1, 0.15) is 18.2 Å². The van der Waals surface area contributed by atoms with Gasteiger partial charge in [-0.1, -0.05) is 36.9 Å². The van der Waals surface area contributed by atoms with Crippen molar-refractivity contribution in [1.82, 2.24) is 29.2 Å². The predicted octanol–water partition coefficient (Wildman–Crippen LogP) is 3.60. The Morgan fingerprint density at radius 1 is 1.25 bits per heavy atom. The van der Waals surface area contributed by atoms with E-state index in [1.807, 2.05) is 59.2 Å². The molecule has 3 N–H and O–H groups in total. The number of hydrogen-bond acceptors (Lipinski definition) is 7. The fourth-order valence-corrected chi connectivity index (χ4v) is 4.64. The second-order valence-corrected chi connectivity index (χ2v) is 8.80. The van der Waals surface area contributed by atoms with E-state index < -0.39 is 0 Å².